The normalized spacial score (nSPS) is 21.9. The maximum absolute atomic E-state index is 13.1. The van der Waals surface area contributed by atoms with Crippen LogP contribution in [0.15, 0.2) is 54.2 Å². The molecule has 2 aromatic heterocycles. The summed E-state index contributed by atoms with van der Waals surface area (Å²) in [4.78, 5) is 23.4. The smallest absolute Gasteiger partial charge is 0.263 e. The number of imidazole rings is 1. The Kier molecular flexibility index (Phi) is 4.99. The summed E-state index contributed by atoms with van der Waals surface area (Å²) >= 11 is 1.53. The second-order valence-corrected chi connectivity index (χ2v) is 9.75. The number of hydrogen-bond donors (Lipinski definition) is 0. The quantitative estimate of drug-likeness (QED) is 0.628. The van der Waals surface area contributed by atoms with E-state index >= 15 is 0 Å². The first-order valence-electron chi connectivity index (χ1n) is 10.8. The molecule has 4 heterocycles. The maximum Gasteiger partial charge on any atom is 0.263 e. The second-order valence-electron chi connectivity index (χ2n) is 8.81. The summed E-state index contributed by atoms with van der Waals surface area (Å²) in [5, 5.41) is 1.98. The lowest BCUT2D eigenvalue weighted by molar-refractivity contribution is 0.0181. The Bertz CT molecular complexity index is 1030. The molecule has 5 rings (SSSR count). The molecule has 1 atom stereocenters. The molecule has 1 fully saturated rings. The number of rotatable bonds is 3. The fourth-order valence-corrected chi connectivity index (χ4v) is 5.70. The van der Waals surface area contributed by atoms with Gasteiger partial charge in [0.2, 0.25) is 0 Å². The minimum absolute atomic E-state index is 0.122. The Hall–Kier alpha value is -2.44. The van der Waals surface area contributed by atoms with Gasteiger partial charge >= 0.3 is 0 Å². The van der Waals surface area contributed by atoms with Gasteiger partial charge in [-0.05, 0) is 38.1 Å². The highest BCUT2D eigenvalue weighted by atomic mass is 32.1. The van der Waals surface area contributed by atoms with E-state index in [4.69, 9.17) is 4.98 Å². The predicted octanol–water partition coefficient (Wildman–Crippen LogP) is 4.47. The van der Waals surface area contributed by atoms with E-state index in [1.165, 1.54) is 17.0 Å². The molecule has 0 N–H and O–H groups in total. The lowest BCUT2D eigenvalue weighted by atomic mass is 9.85. The number of amides is 1. The summed E-state index contributed by atoms with van der Waals surface area (Å²) in [5.74, 6) is 0.163. The standard InChI is InChI=1S/C24H28N4OS/c1-18(2)27-14-20-22(19-8-4-3-5-9-19)25-17-28(20)24(16-27)11-7-12-26(15-24)23(29)21-10-6-13-30-21/h3-6,8-10,13,17-18H,7,11-12,14-16H2,1-2H3/t24-/m1/s1. The summed E-state index contributed by atoms with van der Waals surface area (Å²) in [6.45, 7) is 7.94. The van der Waals surface area contributed by atoms with Crippen LogP contribution >= 0.6 is 11.3 Å². The first-order valence-corrected chi connectivity index (χ1v) is 11.6. The number of aromatic nitrogens is 2. The Morgan fingerprint density at radius 1 is 1.13 bits per heavy atom. The van der Waals surface area contributed by atoms with E-state index in [0.29, 0.717) is 6.04 Å². The van der Waals surface area contributed by atoms with Gasteiger partial charge in [0, 0.05) is 37.8 Å². The second kappa shape index (κ2) is 7.67. The molecule has 2 aliphatic heterocycles. The molecule has 1 saturated heterocycles. The van der Waals surface area contributed by atoms with E-state index in [1.54, 1.807) is 0 Å². The molecule has 0 saturated carbocycles. The largest absolute Gasteiger partial charge is 0.336 e. The Morgan fingerprint density at radius 2 is 1.97 bits per heavy atom. The number of carbonyl (C=O) groups excluding carboxylic acids is 1. The molecular formula is C24H28N4OS. The molecule has 6 heteroatoms. The summed E-state index contributed by atoms with van der Waals surface area (Å²) < 4.78 is 2.40. The zero-order valence-corrected chi connectivity index (χ0v) is 18.4. The van der Waals surface area contributed by atoms with Crippen molar-refractivity contribution in [1.29, 1.82) is 0 Å². The number of benzene rings is 1. The van der Waals surface area contributed by atoms with Crippen LogP contribution in [-0.4, -0.2) is 50.9 Å². The van der Waals surface area contributed by atoms with Crippen molar-refractivity contribution in [1.82, 2.24) is 19.4 Å². The van der Waals surface area contributed by atoms with Crippen LogP contribution in [0.2, 0.25) is 0 Å². The van der Waals surface area contributed by atoms with Crippen molar-refractivity contribution in [3.05, 3.63) is 64.7 Å². The van der Waals surface area contributed by atoms with E-state index in [-0.39, 0.29) is 11.4 Å². The van der Waals surface area contributed by atoms with Crippen molar-refractivity contribution in [2.24, 2.45) is 0 Å². The number of piperidine rings is 1. The molecule has 0 radical (unpaired) electrons. The lowest BCUT2D eigenvalue weighted by Crippen LogP contribution is -2.60. The predicted molar refractivity (Wildman–Crippen MR) is 121 cm³/mol. The molecule has 156 valence electrons. The molecule has 5 nitrogen and oxygen atoms in total. The monoisotopic (exact) mass is 420 g/mol. The zero-order chi connectivity index (χ0) is 20.7. The van der Waals surface area contributed by atoms with Crippen molar-refractivity contribution >= 4 is 17.2 Å². The van der Waals surface area contributed by atoms with Crippen LogP contribution in [0.4, 0.5) is 0 Å². The van der Waals surface area contributed by atoms with Gasteiger partial charge in [-0.15, -0.1) is 11.3 Å². The minimum atomic E-state index is -0.122. The van der Waals surface area contributed by atoms with Crippen molar-refractivity contribution in [2.75, 3.05) is 19.6 Å². The van der Waals surface area contributed by atoms with Gasteiger partial charge in [-0.3, -0.25) is 9.69 Å². The molecule has 0 unspecified atom stereocenters. The lowest BCUT2D eigenvalue weighted by Gasteiger charge is -2.50. The topological polar surface area (TPSA) is 41.4 Å². The molecule has 0 bridgehead atoms. The highest BCUT2D eigenvalue weighted by molar-refractivity contribution is 7.12. The van der Waals surface area contributed by atoms with Gasteiger partial charge in [0.1, 0.15) is 0 Å². The molecule has 0 aliphatic carbocycles. The summed E-state index contributed by atoms with van der Waals surface area (Å²) in [5.41, 5.74) is 3.38. The van der Waals surface area contributed by atoms with Gasteiger partial charge in [-0.1, -0.05) is 36.4 Å². The first kappa shape index (κ1) is 19.5. The molecule has 3 aromatic rings. The van der Waals surface area contributed by atoms with Crippen molar-refractivity contribution in [2.45, 2.75) is 44.8 Å². The zero-order valence-electron chi connectivity index (χ0n) is 17.6. The number of nitrogens with zero attached hydrogens (tertiary/aromatic N) is 4. The molecule has 1 amide bonds. The van der Waals surface area contributed by atoms with Crippen LogP contribution in [0, 0.1) is 0 Å². The third kappa shape index (κ3) is 3.28. The van der Waals surface area contributed by atoms with E-state index in [2.05, 4.69) is 52.5 Å². The van der Waals surface area contributed by atoms with Crippen LogP contribution < -0.4 is 0 Å². The number of likely N-dealkylation sites (tertiary alicyclic amines) is 1. The Labute approximate surface area is 182 Å². The summed E-state index contributed by atoms with van der Waals surface area (Å²) in [6, 6.07) is 14.8. The first-order chi connectivity index (χ1) is 14.6. The van der Waals surface area contributed by atoms with E-state index in [0.717, 1.165) is 55.2 Å². The van der Waals surface area contributed by atoms with E-state index < -0.39 is 0 Å². The average Bonchev–Trinajstić information content (AvgIpc) is 3.44. The molecule has 2 aliphatic rings. The molecule has 1 aromatic carbocycles. The fraction of sp³-hybridized carbons (Fsp3) is 0.417. The third-order valence-corrected chi connectivity index (χ3v) is 7.44. The number of thiophene rings is 1. The average molecular weight is 421 g/mol. The van der Waals surface area contributed by atoms with Crippen molar-refractivity contribution < 1.29 is 4.79 Å². The minimum Gasteiger partial charge on any atom is -0.336 e. The van der Waals surface area contributed by atoms with Gasteiger partial charge in [0.05, 0.1) is 28.1 Å². The number of carbonyl (C=O) groups is 1. The van der Waals surface area contributed by atoms with E-state index in [1.807, 2.05) is 29.9 Å². The van der Waals surface area contributed by atoms with Crippen LogP contribution in [-0.2, 0) is 12.1 Å². The van der Waals surface area contributed by atoms with Crippen LogP contribution in [0.5, 0.6) is 0 Å². The SMILES string of the molecule is CC(C)N1Cc2c(-c3ccccc3)ncn2[C@@]2(CCCN(C(=O)c3cccs3)C2)C1. The van der Waals surface area contributed by atoms with Crippen LogP contribution in [0.25, 0.3) is 11.3 Å². The van der Waals surface area contributed by atoms with Crippen LogP contribution in [0.1, 0.15) is 42.1 Å². The highest BCUT2D eigenvalue weighted by Crippen LogP contribution is 2.39. The Morgan fingerprint density at radius 3 is 2.70 bits per heavy atom. The summed E-state index contributed by atoms with van der Waals surface area (Å²) in [6.07, 6.45) is 4.11. The molecular weight excluding hydrogens is 392 g/mol. The third-order valence-electron chi connectivity index (χ3n) is 6.58. The number of fused-ring (bicyclic) bond motifs is 2. The van der Waals surface area contributed by atoms with E-state index in [9.17, 15) is 4.79 Å². The van der Waals surface area contributed by atoms with Crippen molar-refractivity contribution in [3.63, 3.8) is 0 Å². The van der Waals surface area contributed by atoms with Gasteiger partial charge in [-0.25, -0.2) is 4.98 Å². The molecule has 30 heavy (non-hydrogen) atoms. The van der Waals surface area contributed by atoms with Crippen LogP contribution in [0.3, 0.4) is 0 Å². The fourth-order valence-electron chi connectivity index (χ4n) is 5.01. The van der Waals surface area contributed by atoms with Crippen molar-refractivity contribution in [3.8, 4) is 11.3 Å². The molecule has 1 spiro atoms. The highest BCUT2D eigenvalue weighted by Gasteiger charge is 2.45. The van der Waals surface area contributed by atoms with Gasteiger partial charge in [0.25, 0.3) is 5.91 Å². The maximum atomic E-state index is 13.1. The van der Waals surface area contributed by atoms with Gasteiger partial charge < -0.3 is 9.47 Å². The Balaban J connectivity index is 1.55. The van der Waals surface area contributed by atoms with Gasteiger partial charge in [-0.2, -0.15) is 0 Å². The van der Waals surface area contributed by atoms with Gasteiger partial charge in [0.15, 0.2) is 0 Å². The summed E-state index contributed by atoms with van der Waals surface area (Å²) in [7, 11) is 0. The number of hydrogen-bond acceptors (Lipinski definition) is 4.